The summed E-state index contributed by atoms with van der Waals surface area (Å²) in [5, 5.41) is 12.3. The molecule has 1 amide bonds. The molecule has 1 aromatic rings. The van der Waals surface area contributed by atoms with Gasteiger partial charge in [0.25, 0.3) is 0 Å². The molecule has 2 N–H and O–H groups in total. The molecule has 0 aromatic heterocycles. The van der Waals surface area contributed by atoms with Gasteiger partial charge in [-0.25, -0.2) is 0 Å². The molecule has 0 radical (unpaired) electrons. The smallest absolute Gasteiger partial charge is 0.388 e. The van der Waals surface area contributed by atoms with E-state index in [0.29, 0.717) is 0 Å². The summed E-state index contributed by atoms with van der Waals surface area (Å²) in [5.74, 6) is -0.413. The maximum Gasteiger partial charge on any atom is 0.416 e. The number of nitrogens with one attached hydrogen (secondary N) is 1. The molecular formula is C15H16F3NO4. The van der Waals surface area contributed by atoms with Gasteiger partial charge in [-0.2, -0.15) is 13.2 Å². The lowest BCUT2D eigenvalue weighted by atomic mass is 10.1. The Labute approximate surface area is 130 Å². The fourth-order valence-corrected chi connectivity index (χ4v) is 2.90. The van der Waals surface area contributed by atoms with Gasteiger partial charge in [-0.1, -0.05) is 18.2 Å². The number of amides is 1. The topological polar surface area (TPSA) is 67.8 Å². The van der Waals surface area contributed by atoms with E-state index >= 15 is 0 Å². The minimum Gasteiger partial charge on any atom is -0.388 e. The summed E-state index contributed by atoms with van der Waals surface area (Å²) in [6.45, 7) is 0.357. The van der Waals surface area contributed by atoms with Gasteiger partial charge in [0.2, 0.25) is 5.91 Å². The lowest BCUT2D eigenvalue weighted by Crippen LogP contribution is -2.44. The Kier molecular flexibility index (Phi) is 4.31. The number of halogens is 3. The second-order valence-corrected chi connectivity index (χ2v) is 5.71. The van der Waals surface area contributed by atoms with Crippen LogP contribution in [0.2, 0.25) is 0 Å². The molecule has 5 nitrogen and oxygen atoms in total. The summed E-state index contributed by atoms with van der Waals surface area (Å²) in [7, 11) is 0. The molecule has 0 bridgehead atoms. The first-order chi connectivity index (χ1) is 10.8. The number of rotatable bonds is 3. The summed E-state index contributed by atoms with van der Waals surface area (Å²) in [4.78, 5) is 12.0. The summed E-state index contributed by atoms with van der Waals surface area (Å²) >= 11 is 0. The molecule has 2 fully saturated rings. The molecule has 23 heavy (non-hydrogen) atoms. The maximum atomic E-state index is 12.7. The van der Waals surface area contributed by atoms with Crippen LogP contribution >= 0.6 is 0 Å². The normalized spacial score (nSPS) is 30.3. The molecule has 0 aliphatic carbocycles. The third-order valence-electron chi connectivity index (χ3n) is 3.99. The van der Waals surface area contributed by atoms with Gasteiger partial charge in [0.15, 0.2) is 0 Å². The van der Waals surface area contributed by atoms with Crippen molar-refractivity contribution in [3.05, 3.63) is 35.4 Å². The molecule has 0 saturated carbocycles. The number of hydrogen-bond acceptors (Lipinski definition) is 4. The highest BCUT2D eigenvalue weighted by molar-refractivity contribution is 5.79. The zero-order chi connectivity index (χ0) is 16.6. The van der Waals surface area contributed by atoms with Crippen LogP contribution in [0.1, 0.15) is 11.1 Å². The highest BCUT2D eigenvalue weighted by Crippen LogP contribution is 2.30. The van der Waals surface area contributed by atoms with Gasteiger partial charge < -0.3 is 19.9 Å². The molecule has 2 saturated heterocycles. The van der Waals surface area contributed by atoms with Gasteiger partial charge in [0, 0.05) is 0 Å². The van der Waals surface area contributed by atoms with Gasteiger partial charge in [-0.15, -0.1) is 0 Å². The van der Waals surface area contributed by atoms with Crippen LogP contribution in [0, 0.1) is 0 Å². The van der Waals surface area contributed by atoms with Crippen molar-refractivity contribution in [2.24, 2.45) is 0 Å². The monoisotopic (exact) mass is 331 g/mol. The van der Waals surface area contributed by atoms with Crippen LogP contribution in [0.5, 0.6) is 0 Å². The zero-order valence-electron chi connectivity index (χ0n) is 12.0. The minimum absolute atomic E-state index is 0.148. The number of carbonyl (C=O) groups excluding carboxylic acids is 1. The molecule has 3 rings (SSSR count). The van der Waals surface area contributed by atoms with E-state index in [1.54, 1.807) is 0 Å². The molecule has 4 atom stereocenters. The molecule has 0 spiro atoms. The third-order valence-corrected chi connectivity index (χ3v) is 3.99. The van der Waals surface area contributed by atoms with Crippen molar-refractivity contribution in [1.29, 1.82) is 0 Å². The molecule has 2 aliphatic heterocycles. The van der Waals surface area contributed by atoms with E-state index in [0.717, 1.165) is 12.1 Å². The van der Waals surface area contributed by atoms with Gasteiger partial charge in [-0.3, -0.25) is 4.79 Å². The minimum atomic E-state index is -4.44. The number of carbonyl (C=O) groups is 1. The Morgan fingerprint density at radius 3 is 2.74 bits per heavy atom. The first kappa shape index (κ1) is 16.2. The zero-order valence-corrected chi connectivity index (χ0v) is 12.0. The first-order valence-corrected chi connectivity index (χ1v) is 7.21. The van der Waals surface area contributed by atoms with Crippen molar-refractivity contribution >= 4 is 5.91 Å². The highest BCUT2D eigenvalue weighted by Gasteiger charge is 2.47. The SMILES string of the molecule is O=C(Cc1cccc(C(F)(F)F)c1)N[C@@H]1CO[C@H]2[C@@H]1OC[C@H]2O. The van der Waals surface area contributed by atoms with Crippen LogP contribution in [0.15, 0.2) is 24.3 Å². The fraction of sp³-hybridized carbons (Fsp3) is 0.533. The Bertz CT molecular complexity index is 592. The van der Waals surface area contributed by atoms with Crippen molar-refractivity contribution in [2.45, 2.75) is 37.0 Å². The third kappa shape index (κ3) is 3.49. The summed E-state index contributed by atoms with van der Waals surface area (Å²) in [6, 6.07) is 4.26. The first-order valence-electron chi connectivity index (χ1n) is 7.21. The molecular weight excluding hydrogens is 315 g/mol. The van der Waals surface area contributed by atoms with Crippen LogP contribution in [-0.4, -0.2) is 48.6 Å². The molecule has 2 aliphatic rings. The number of hydrogen-bond donors (Lipinski definition) is 2. The summed E-state index contributed by atoms with van der Waals surface area (Å²) < 4.78 is 48.7. The van der Waals surface area contributed by atoms with Crippen LogP contribution in [0.3, 0.4) is 0 Å². The maximum absolute atomic E-state index is 12.7. The Morgan fingerprint density at radius 1 is 1.26 bits per heavy atom. The largest absolute Gasteiger partial charge is 0.416 e. The number of alkyl halides is 3. The van der Waals surface area contributed by atoms with Crippen molar-refractivity contribution in [3.63, 3.8) is 0 Å². The number of fused-ring (bicyclic) bond motifs is 1. The molecule has 8 heteroatoms. The standard InChI is InChI=1S/C15H16F3NO4/c16-15(17,18)9-3-1-2-8(4-9)5-12(21)19-10-6-22-14-11(20)7-23-13(10)14/h1-4,10-11,13-14,20H,5-7H2,(H,19,21)/t10-,11-,13-,14-/m1/s1. The highest BCUT2D eigenvalue weighted by atomic mass is 19.4. The van der Waals surface area contributed by atoms with Crippen molar-refractivity contribution in [1.82, 2.24) is 5.32 Å². The average Bonchev–Trinajstić information content (AvgIpc) is 3.03. The van der Waals surface area contributed by atoms with Crippen molar-refractivity contribution in [2.75, 3.05) is 13.2 Å². The molecule has 2 heterocycles. The second-order valence-electron chi connectivity index (χ2n) is 5.71. The van der Waals surface area contributed by atoms with Gasteiger partial charge in [-0.05, 0) is 11.6 Å². The Morgan fingerprint density at radius 2 is 2.00 bits per heavy atom. The second kappa shape index (κ2) is 6.10. The van der Waals surface area contributed by atoms with E-state index < -0.39 is 42.0 Å². The number of ether oxygens (including phenoxy) is 2. The van der Waals surface area contributed by atoms with E-state index in [1.807, 2.05) is 0 Å². The Balaban J connectivity index is 1.60. The average molecular weight is 331 g/mol. The van der Waals surface area contributed by atoms with E-state index in [-0.39, 0.29) is 25.2 Å². The van der Waals surface area contributed by atoms with Crippen LogP contribution in [0.25, 0.3) is 0 Å². The van der Waals surface area contributed by atoms with Crippen LogP contribution in [-0.2, 0) is 26.9 Å². The Hall–Kier alpha value is -1.64. The predicted octanol–water partition coefficient (Wildman–Crippen LogP) is 0.891. The van der Waals surface area contributed by atoms with E-state index in [9.17, 15) is 23.1 Å². The van der Waals surface area contributed by atoms with E-state index in [1.165, 1.54) is 12.1 Å². The lowest BCUT2D eigenvalue weighted by Gasteiger charge is -2.17. The van der Waals surface area contributed by atoms with Crippen molar-refractivity contribution in [3.8, 4) is 0 Å². The van der Waals surface area contributed by atoms with Gasteiger partial charge >= 0.3 is 6.18 Å². The number of aliphatic hydroxyl groups excluding tert-OH is 1. The lowest BCUT2D eigenvalue weighted by molar-refractivity contribution is -0.137. The van der Waals surface area contributed by atoms with E-state index in [2.05, 4.69) is 5.32 Å². The van der Waals surface area contributed by atoms with Crippen LogP contribution < -0.4 is 5.32 Å². The van der Waals surface area contributed by atoms with Gasteiger partial charge in [0.1, 0.15) is 18.3 Å². The summed E-state index contributed by atoms with van der Waals surface area (Å²) in [5.41, 5.74) is -0.505. The van der Waals surface area contributed by atoms with Crippen LogP contribution in [0.4, 0.5) is 13.2 Å². The van der Waals surface area contributed by atoms with Crippen molar-refractivity contribution < 1.29 is 32.5 Å². The predicted molar refractivity (Wildman–Crippen MR) is 72.6 cm³/mol. The molecule has 0 unspecified atom stereocenters. The van der Waals surface area contributed by atoms with E-state index in [4.69, 9.17) is 9.47 Å². The fourth-order valence-electron chi connectivity index (χ4n) is 2.90. The summed E-state index contributed by atoms with van der Waals surface area (Å²) in [6.07, 6.45) is -6.21. The number of aliphatic hydroxyl groups is 1. The number of benzene rings is 1. The molecule has 1 aromatic carbocycles. The quantitative estimate of drug-likeness (QED) is 0.863. The van der Waals surface area contributed by atoms with Gasteiger partial charge in [0.05, 0.1) is 31.2 Å². The molecule has 126 valence electrons.